The number of amides is 1. The van der Waals surface area contributed by atoms with Gasteiger partial charge in [0, 0.05) is 13.1 Å². The monoisotopic (exact) mass is 236 g/mol. The molecule has 17 heavy (non-hydrogen) atoms. The minimum atomic E-state index is -0.442. The second-order valence-electron chi connectivity index (χ2n) is 5.35. The Morgan fingerprint density at radius 2 is 2.24 bits per heavy atom. The molecule has 0 N–H and O–H groups in total. The standard InChI is InChI=1S/C14H24N2O/c1-4-6-12(10-15)14(17)16(3)13-8-5-7-11(2)9-13/h11-13H,4-9H2,1-3H3. The van der Waals surface area contributed by atoms with Crippen LogP contribution in [0.25, 0.3) is 0 Å². The molecule has 3 unspecified atom stereocenters. The average Bonchev–Trinajstić information content (AvgIpc) is 2.34. The predicted molar refractivity (Wildman–Crippen MR) is 68.2 cm³/mol. The van der Waals surface area contributed by atoms with Gasteiger partial charge in [-0.1, -0.05) is 33.1 Å². The van der Waals surface area contributed by atoms with Gasteiger partial charge in [0.15, 0.2) is 0 Å². The summed E-state index contributed by atoms with van der Waals surface area (Å²) in [4.78, 5) is 14.0. The maximum atomic E-state index is 12.2. The summed E-state index contributed by atoms with van der Waals surface area (Å²) in [5.41, 5.74) is 0. The van der Waals surface area contributed by atoms with Crippen molar-refractivity contribution in [3.8, 4) is 6.07 Å². The van der Waals surface area contributed by atoms with E-state index in [4.69, 9.17) is 5.26 Å². The van der Waals surface area contributed by atoms with Crippen molar-refractivity contribution >= 4 is 5.91 Å². The van der Waals surface area contributed by atoms with E-state index >= 15 is 0 Å². The molecule has 1 aliphatic carbocycles. The minimum absolute atomic E-state index is 0.0217. The van der Waals surface area contributed by atoms with E-state index in [1.807, 2.05) is 18.9 Å². The second-order valence-corrected chi connectivity index (χ2v) is 5.35. The van der Waals surface area contributed by atoms with Crippen LogP contribution in [0.3, 0.4) is 0 Å². The molecule has 1 amide bonds. The van der Waals surface area contributed by atoms with Gasteiger partial charge < -0.3 is 4.90 Å². The fraction of sp³-hybridized carbons (Fsp3) is 0.857. The van der Waals surface area contributed by atoms with Crippen molar-refractivity contribution in [1.29, 1.82) is 5.26 Å². The molecule has 1 fully saturated rings. The Bertz CT molecular complexity index is 295. The highest BCUT2D eigenvalue weighted by Crippen LogP contribution is 2.27. The molecule has 0 aromatic rings. The predicted octanol–water partition coefficient (Wildman–Crippen LogP) is 2.96. The van der Waals surface area contributed by atoms with E-state index in [9.17, 15) is 4.79 Å². The van der Waals surface area contributed by atoms with Gasteiger partial charge in [-0.15, -0.1) is 0 Å². The van der Waals surface area contributed by atoms with E-state index in [0.717, 1.165) is 19.3 Å². The lowest BCUT2D eigenvalue weighted by atomic mass is 9.86. The summed E-state index contributed by atoms with van der Waals surface area (Å²) >= 11 is 0. The number of hydrogen-bond donors (Lipinski definition) is 0. The highest BCUT2D eigenvalue weighted by atomic mass is 16.2. The second kappa shape index (κ2) is 6.64. The van der Waals surface area contributed by atoms with Gasteiger partial charge in [0.2, 0.25) is 5.91 Å². The van der Waals surface area contributed by atoms with E-state index < -0.39 is 5.92 Å². The van der Waals surface area contributed by atoms with Crippen LogP contribution in [0.5, 0.6) is 0 Å². The van der Waals surface area contributed by atoms with E-state index in [2.05, 4.69) is 13.0 Å². The van der Waals surface area contributed by atoms with E-state index in [-0.39, 0.29) is 5.91 Å². The first-order valence-electron chi connectivity index (χ1n) is 6.76. The Morgan fingerprint density at radius 3 is 2.76 bits per heavy atom. The van der Waals surface area contributed by atoms with Crippen molar-refractivity contribution in [2.24, 2.45) is 11.8 Å². The summed E-state index contributed by atoms with van der Waals surface area (Å²) in [6, 6.07) is 2.49. The molecule has 96 valence electrons. The number of carbonyl (C=O) groups is 1. The van der Waals surface area contributed by atoms with Gasteiger partial charge in [-0.25, -0.2) is 0 Å². The zero-order chi connectivity index (χ0) is 12.8. The highest BCUT2D eigenvalue weighted by molar-refractivity contribution is 5.81. The maximum absolute atomic E-state index is 12.2. The number of nitrogens with zero attached hydrogens (tertiary/aromatic N) is 2. The third-order valence-corrected chi connectivity index (χ3v) is 3.84. The topological polar surface area (TPSA) is 44.1 Å². The lowest BCUT2D eigenvalue weighted by Gasteiger charge is -2.35. The zero-order valence-corrected chi connectivity index (χ0v) is 11.3. The van der Waals surface area contributed by atoms with E-state index in [1.54, 1.807) is 0 Å². The van der Waals surface area contributed by atoms with Crippen LogP contribution in [0, 0.1) is 23.2 Å². The van der Waals surface area contributed by atoms with Crippen LogP contribution in [-0.4, -0.2) is 23.9 Å². The fourth-order valence-corrected chi connectivity index (χ4v) is 2.71. The Hall–Kier alpha value is -1.04. The highest BCUT2D eigenvalue weighted by Gasteiger charge is 2.29. The van der Waals surface area contributed by atoms with Gasteiger partial charge in [-0.05, 0) is 25.2 Å². The molecule has 0 aliphatic heterocycles. The molecule has 0 aromatic heterocycles. The number of nitriles is 1. The summed E-state index contributed by atoms with van der Waals surface area (Å²) < 4.78 is 0. The number of hydrogen-bond acceptors (Lipinski definition) is 2. The number of rotatable bonds is 4. The molecular weight excluding hydrogens is 212 g/mol. The third kappa shape index (κ3) is 3.73. The van der Waals surface area contributed by atoms with Crippen LogP contribution in [0.1, 0.15) is 52.4 Å². The fourth-order valence-electron chi connectivity index (χ4n) is 2.71. The Balaban J connectivity index is 2.58. The first-order chi connectivity index (χ1) is 8.10. The molecule has 1 aliphatic rings. The molecular formula is C14H24N2O. The van der Waals surface area contributed by atoms with Crippen molar-refractivity contribution in [2.45, 2.75) is 58.4 Å². The maximum Gasteiger partial charge on any atom is 0.239 e. The van der Waals surface area contributed by atoms with Crippen molar-refractivity contribution in [2.75, 3.05) is 7.05 Å². The Morgan fingerprint density at radius 1 is 1.53 bits per heavy atom. The summed E-state index contributed by atoms with van der Waals surface area (Å²) in [5, 5.41) is 9.03. The third-order valence-electron chi connectivity index (χ3n) is 3.84. The van der Waals surface area contributed by atoms with Crippen LogP contribution in [0.2, 0.25) is 0 Å². The molecule has 0 radical (unpaired) electrons. The summed E-state index contributed by atoms with van der Waals surface area (Å²) in [5.74, 6) is 0.284. The Labute approximate surface area is 105 Å². The number of carbonyl (C=O) groups excluding carboxylic acids is 1. The van der Waals surface area contributed by atoms with Crippen LogP contribution >= 0.6 is 0 Å². The van der Waals surface area contributed by atoms with Crippen molar-refractivity contribution in [3.63, 3.8) is 0 Å². The van der Waals surface area contributed by atoms with E-state index in [0.29, 0.717) is 18.4 Å². The van der Waals surface area contributed by atoms with Gasteiger partial charge in [0.1, 0.15) is 5.92 Å². The average molecular weight is 236 g/mol. The summed E-state index contributed by atoms with van der Waals surface area (Å²) in [7, 11) is 1.87. The quantitative estimate of drug-likeness (QED) is 0.753. The minimum Gasteiger partial charge on any atom is -0.342 e. The van der Waals surface area contributed by atoms with Crippen molar-refractivity contribution < 1.29 is 4.79 Å². The van der Waals surface area contributed by atoms with Gasteiger partial charge in [-0.3, -0.25) is 4.79 Å². The normalized spacial score (nSPS) is 26.0. The molecule has 0 heterocycles. The zero-order valence-electron chi connectivity index (χ0n) is 11.3. The summed E-state index contributed by atoms with van der Waals surface area (Å²) in [6.45, 7) is 4.26. The molecule has 1 rings (SSSR count). The molecule has 0 aromatic carbocycles. The van der Waals surface area contributed by atoms with E-state index in [1.165, 1.54) is 12.8 Å². The first kappa shape index (κ1) is 14.0. The van der Waals surface area contributed by atoms with Crippen LogP contribution < -0.4 is 0 Å². The van der Waals surface area contributed by atoms with Crippen molar-refractivity contribution in [1.82, 2.24) is 4.90 Å². The van der Waals surface area contributed by atoms with Gasteiger partial charge in [0.05, 0.1) is 6.07 Å². The lowest BCUT2D eigenvalue weighted by Crippen LogP contribution is -2.42. The smallest absolute Gasteiger partial charge is 0.239 e. The van der Waals surface area contributed by atoms with Crippen LogP contribution in [0.4, 0.5) is 0 Å². The van der Waals surface area contributed by atoms with Crippen molar-refractivity contribution in [3.05, 3.63) is 0 Å². The van der Waals surface area contributed by atoms with Gasteiger partial charge >= 0.3 is 0 Å². The van der Waals surface area contributed by atoms with Crippen LogP contribution in [-0.2, 0) is 4.79 Å². The molecule has 0 saturated heterocycles. The summed E-state index contributed by atoms with van der Waals surface area (Å²) in [6.07, 6.45) is 6.23. The Kier molecular flexibility index (Phi) is 5.47. The molecule has 0 spiro atoms. The SMILES string of the molecule is CCCC(C#N)C(=O)N(C)C1CCCC(C)C1. The molecule has 3 atom stereocenters. The lowest BCUT2D eigenvalue weighted by molar-refractivity contribution is -0.135. The van der Waals surface area contributed by atoms with Gasteiger partial charge in [0.25, 0.3) is 0 Å². The van der Waals surface area contributed by atoms with Crippen LogP contribution in [0.15, 0.2) is 0 Å². The molecule has 3 heteroatoms. The van der Waals surface area contributed by atoms with Gasteiger partial charge in [-0.2, -0.15) is 5.26 Å². The molecule has 3 nitrogen and oxygen atoms in total. The largest absolute Gasteiger partial charge is 0.342 e. The molecule has 1 saturated carbocycles. The first-order valence-corrected chi connectivity index (χ1v) is 6.76. The molecule has 0 bridgehead atoms.